The number of carboxylic acid groups (broad SMARTS) is 1. The van der Waals surface area contributed by atoms with Crippen molar-refractivity contribution in [1.82, 2.24) is 20.2 Å². The van der Waals surface area contributed by atoms with E-state index in [2.05, 4.69) is 15.5 Å². The highest BCUT2D eigenvalue weighted by Crippen LogP contribution is 2.25. The number of hydrogen-bond acceptors (Lipinski definition) is 6. The third kappa shape index (κ3) is 2.83. The Labute approximate surface area is 106 Å². The monoisotopic (exact) mass is 261 g/mol. The van der Waals surface area contributed by atoms with Crippen molar-refractivity contribution in [3.63, 3.8) is 0 Å². The Morgan fingerprint density at radius 1 is 1.44 bits per heavy atom. The molecule has 0 bridgehead atoms. The van der Waals surface area contributed by atoms with Gasteiger partial charge in [0.25, 0.3) is 0 Å². The van der Waals surface area contributed by atoms with Crippen molar-refractivity contribution in [2.45, 2.75) is 16.6 Å². The lowest BCUT2D eigenvalue weighted by molar-refractivity contribution is -0.138. The molecule has 1 N–H and O–H groups in total. The van der Waals surface area contributed by atoms with Crippen LogP contribution in [0.1, 0.15) is 5.56 Å². The molecule has 0 atom stereocenters. The van der Waals surface area contributed by atoms with Gasteiger partial charge in [-0.15, -0.1) is 5.10 Å². The van der Waals surface area contributed by atoms with E-state index in [9.17, 15) is 4.79 Å². The van der Waals surface area contributed by atoms with Crippen molar-refractivity contribution in [2.24, 2.45) is 0 Å². The number of nitriles is 1. The van der Waals surface area contributed by atoms with E-state index in [0.717, 1.165) is 4.90 Å². The van der Waals surface area contributed by atoms with E-state index in [4.69, 9.17) is 10.4 Å². The molecular formula is C10H7N5O2S. The SMILES string of the molecule is N#Cc1ccc(Sc2nnnn2CC(=O)O)cc1. The number of aliphatic carboxylic acids is 1. The minimum atomic E-state index is -1.01. The molecule has 1 aromatic heterocycles. The fourth-order valence-corrected chi connectivity index (χ4v) is 1.97. The molecule has 0 unspecified atom stereocenters. The van der Waals surface area contributed by atoms with Gasteiger partial charge in [-0.1, -0.05) is 0 Å². The standard InChI is InChI=1S/C10H7N5O2S/c11-5-7-1-3-8(4-2-7)18-10-12-13-14-15(10)6-9(16)17/h1-4H,6H2,(H,16,17). The summed E-state index contributed by atoms with van der Waals surface area (Å²) in [4.78, 5) is 11.4. The van der Waals surface area contributed by atoms with Crippen LogP contribution >= 0.6 is 11.8 Å². The molecular weight excluding hydrogens is 254 g/mol. The zero-order chi connectivity index (χ0) is 13.0. The van der Waals surface area contributed by atoms with Crippen LogP contribution < -0.4 is 0 Å². The van der Waals surface area contributed by atoms with Crippen molar-refractivity contribution in [3.05, 3.63) is 29.8 Å². The fraction of sp³-hybridized carbons (Fsp3) is 0.100. The molecule has 0 radical (unpaired) electrons. The van der Waals surface area contributed by atoms with E-state index in [0.29, 0.717) is 10.7 Å². The summed E-state index contributed by atoms with van der Waals surface area (Å²) in [5.41, 5.74) is 0.560. The van der Waals surface area contributed by atoms with Gasteiger partial charge in [-0.25, -0.2) is 4.68 Å². The van der Waals surface area contributed by atoms with E-state index in [1.807, 2.05) is 6.07 Å². The Hall–Kier alpha value is -2.40. The number of carboxylic acids is 1. The predicted molar refractivity (Wildman–Crippen MR) is 60.7 cm³/mol. The van der Waals surface area contributed by atoms with Crippen LogP contribution in [0.25, 0.3) is 0 Å². The Morgan fingerprint density at radius 3 is 2.78 bits per heavy atom. The first kappa shape index (κ1) is 12.1. The lowest BCUT2D eigenvalue weighted by Crippen LogP contribution is -2.11. The second kappa shape index (κ2) is 5.29. The van der Waals surface area contributed by atoms with E-state index in [1.165, 1.54) is 16.4 Å². The van der Waals surface area contributed by atoms with Crippen LogP contribution in [0.2, 0.25) is 0 Å². The topological polar surface area (TPSA) is 105 Å². The van der Waals surface area contributed by atoms with Crippen molar-refractivity contribution in [3.8, 4) is 6.07 Å². The third-order valence-electron chi connectivity index (χ3n) is 1.98. The minimum absolute atomic E-state index is 0.286. The van der Waals surface area contributed by atoms with Crippen LogP contribution in [-0.4, -0.2) is 31.3 Å². The lowest BCUT2D eigenvalue weighted by atomic mass is 10.2. The van der Waals surface area contributed by atoms with Gasteiger partial charge in [-0.3, -0.25) is 4.79 Å². The molecule has 2 rings (SSSR count). The molecule has 7 nitrogen and oxygen atoms in total. The number of carbonyl (C=O) groups is 1. The first-order valence-electron chi connectivity index (χ1n) is 4.85. The maximum Gasteiger partial charge on any atom is 0.325 e. The van der Waals surface area contributed by atoms with Crippen molar-refractivity contribution >= 4 is 17.7 Å². The molecule has 0 aliphatic rings. The number of hydrogen-bond donors (Lipinski definition) is 1. The molecule has 90 valence electrons. The summed E-state index contributed by atoms with van der Waals surface area (Å²) in [6.07, 6.45) is 0. The molecule has 18 heavy (non-hydrogen) atoms. The summed E-state index contributed by atoms with van der Waals surface area (Å²) in [6, 6.07) is 8.87. The first-order chi connectivity index (χ1) is 8.69. The number of nitrogens with zero attached hydrogens (tertiary/aromatic N) is 5. The van der Waals surface area contributed by atoms with Crippen LogP contribution in [0.4, 0.5) is 0 Å². The highest BCUT2D eigenvalue weighted by Gasteiger charge is 2.10. The highest BCUT2D eigenvalue weighted by molar-refractivity contribution is 7.99. The summed E-state index contributed by atoms with van der Waals surface area (Å²) in [7, 11) is 0. The largest absolute Gasteiger partial charge is 0.480 e. The predicted octanol–water partition coefficient (Wildman–Crippen LogP) is 0.781. The van der Waals surface area contributed by atoms with Crippen molar-refractivity contribution in [1.29, 1.82) is 5.26 Å². The zero-order valence-corrected chi connectivity index (χ0v) is 9.83. The number of benzene rings is 1. The average molecular weight is 261 g/mol. The van der Waals surface area contributed by atoms with Crippen LogP contribution in [-0.2, 0) is 11.3 Å². The Bertz CT molecular complexity index is 601. The Balaban J connectivity index is 2.16. The fourth-order valence-electron chi connectivity index (χ4n) is 1.20. The van der Waals surface area contributed by atoms with Gasteiger partial charge >= 0.3 is 5.97 Å². The molecule has 0 fully saturated rings. The number of aromatic nitrogens is 4. The van der Waals surface area contributed by atoms with Crippen LogP contribution in [0.3, 0.4) is 0 Å². The van der Waals surface area contributed by atoms with Gasteiger partial charge in [-0.2, -0.15) is 5.26 Å². The van der Waals surface area contributed by atoms with Crippen molar-refractivity contribution < 1.29 is 9.90 Å². The summed E-state index contributed by atoms with van der Waals surface area (Å²) < 4.78 is 1.20. The van der Waals surface area contributed by atoms with E-state index in [-0.39, 0.29) is 6.54 Å². The maximum absolute atomic E-state index is 10.6. The van der Waals surface area contributed by atoms with Gasteiger partial charge in [0.05, 0.1) is 11.6 Å². The molecule has 0 spiro atoms. The molecule has 0 aliphatic heterocycles. The van der Waals surface area contributed by atoms with E-state index >= 15 is 0 Å². The summed E-state index contributed by atoms with van der Waals surface area (Å²) in [6.45, 7) is -0.286. The smallest absolute Gasteiger partial charge is 0.325 e. The molecule has 0 amide bonds. The minimum Gasteiger partial charge on any atom is -0.480 e. The lowest BCUT2D eigenvalue weighted by Gasteiger charge is -2.01. The number of rotatable bonds is 4. The maximum atomic E-state index is 10.6. The highest BCUT2D eigenvalue weighted by atomic mass is 32.2. The van der Waals surface area contributed by atoms with Gasteiger partial charge < -0.3 is 5.11 Å². The molecule has 8 heteroatoms. The molecule has 1 aromatic carbocycles. The van der Waals surface area contributed by atoms with Gasteiger partial charge in [0.1, 0.15) is 6.54 Å². The Morgan fingerprint density at radius 2 is 2.17 bits per heavy atom. The number of tetrazole rings is 1. The van der Waals surface area contributed by atoms with Crippen LogP contribution in [0.15, 0.2) is 34.3 Å². The van der Waals surface area contributed by atoms with Gasteiger partial charge in [0.15, 0.2) is 0 Å². The average Bonchev–Trinajstić information content (AvgIpc) is 2.77. The van der Waals surface area contributed by atoms with Gasteiger partial charge in [0.2, 0.25) is 5.16 Å². The van der Waals surface area contributed by atoms with E-state index in [1.54, 1.807) is 24.3 Å². The molecule has 0 saturated carbocycles. The van der Waals surface area contributed by atoms with Crippen molar-refractivity contribution in [2.75, 3.05) is 0 Å². The Kier molecular flexibility index (Phi) is 3.54. The van der Waals surface area contributed by atoms with Gasteiger partial charge in [-0.05, 0) is 46.5 Å². The summed E-state index contributed by atoms with van der Waals surface area (Å²) in [5.74, 6) is -1.01. The third-order valence-corrected chi connectivity index (χ3v) is 2.96. The van der Waals surface area contributed by atoms with Crippen LogP contribution in [0.5, 0.6) is 0 Å². The second-order valence-corrected chi connectivity index (χ2v) is 4.29. The molecule has 0 aliphatic carbocycles. The normalized spacial score (nSPS) is 9.94. The van der Waals surface area contributed by atoms with Crippen LogP contribution in [0, 0.1) is 11.3 Å². The second-order valence-electron chi connectivity index (χ2n) is 3.25. The molecule has 2 aromatic rings. The first-order valence-corrected chi connectivity index (χ1v) is 5.66. The quantitative estimate of drug-likeness (QED) is 0.866. The summed E-state index contributed by atoms with van der Waals surface area (Å²) in [5, 5.41) is 28.5. The molecule has 1 heterocycles. The molecule has 0 saturated heterocycles. The summed E-state index contributed by atoms with van der Waals surface area (Å²) >= 11 is 1.24. The zero-order valence-electron chi connectivity index (χ0n) is 9.02. The van der Waals surface area contributed by atoms with E-state index < -0.39 is 5.97 Å². The van der Waals surface area contributed by atoms with Gasteiger partial charge in [0, 0.05) is 4.90 Å².